The first kappa shape index (κ1) is 18.1. The van der Waals surface area contributed by atoms with E-state index in [1.165, 1.54) is 19.2 Å². The number of rotatable bonds is 5. The average Bonchev–Trinajstić information content (AvgIpc) is 2.58. The van der Waals surface area contributed by atoms with Crippen molar-refractivity contribution in [2.45, 2.75) is 13.8 Å². The molecule has 2 N–H and O–H groups in total. The standard InChI is InChI=1S/C19H18N2O4/c1-11-4-12(2)6-15(5-11)21-19(25)17-8-13(9-22)16(18(24)20-3)7-14(17)10-23/h4-10H,1-3H3,(H,20,24)(H,21,25). The zero-order chi connectivity index (χ0) is 18.6. The highest BCUT2D eigenvalue weighted by molar-refractivity contribution is 6.12. The van der Waals surface area contributed by atoms with Gasteiger partial charge in [-0.2, -0.15) is 0 Å². The van der Waals surface area contributed by atoms with Gasteiger partial charge in [0, 0.05) is 23.9 Å². The smallest absolute Gasteiger partial charge is 0.256 e. The lowest BCUT2D eigenvalue weighted by Gasteiger charge is -2.11. The summed E-state index contributed by atoms with van der Waals surface area (Å²) < 4.78 is 0. The summed E-state index contributed by atoms with van der Waals surface area (Å²) >= 11 is 0. The highest BCUT2D eigenvalue weighted by atomic mass is 16.2. The molecule has 0 aliphatic carbocycles. The number of amides is 2. The van der Waals surface area contributed by atoms with Crippen molar-refractivity contribution in [3.05, 3.63) is 63.7 Å². The highest BCUT2D eigenvalue weighted by Crippen LogP contribution is 2.19. The van der Waals surface area contributed by atoms with Gasteiger partial charge in [-0.1, -0.05) is 6.07 Å². The van der Waals surface area contributed by atoms with E-state index < -0.39 is 11.8 Å². The molecule has 0 aromatic heterocycles. The molecule has 0 saturated heterocycles. The molecular formula is C19H18N2O4. The Morgan fingerprint density at radius 3 is 1.72 bits per heavy atom. The predicted molar refractivity (Wildman–Crippen MR) is 94.5 cm³/mol. The Hall–Kier alpha value is -3.28. The number of anilines is 1. The van der Waals surface area contributed by atoms with E-state index in [4.69, 9.17) is 0 Å². The summed E-state index contributed by atoms with van der Waals surface area (Å²) in [5, 5.41) is 5.11. The van der Waals surface area contributed by atoms with Crippen LogP contribution in [0.3, 0.4) is 0 Å². The number of hydrogen-bond acceptors (Lipinski definition) is 4. The third kappa shape index (κ3) is 3.98. The van der Waals surface area contributed by atoms with Crippen LogP contribution >= 0.6 is 0 Å². The Morgan fingerprint density at radius 1 is 0.800 bits per heavy atom. The van der Waals surface area contributed by atoms with E-state index in [-0.39, 0.29) is 22.3 Å². The van der Waals surface area contributed by atoms with Gasteiger partial charge >= 0.3 is 0 Å². The quantitative estimate of drug-likeness (QED) is 0.820. The van der Waals surface area contributed by atoms with E-state index in [1.54, 1.807) is 12.1 Å². The fraction of sp³-hybridized carbons (Fsp3) is 0.158. The second-order valence-electron chi connectivity index (χ2n) is 5.67. The van der Waals surface area contributed by atoms with Crippen molar-refractivity contribution >= 4 is 30.1 Å². The van der Waals surface area contributed by atoms with Gasteiger partial charge in [0.1, 0.15) is 0 Å². The van der Waals surface area contributed by atoms with Gasteiger partial charge < -0.3 is 10.6 Å². The first-order valence-corrected chi connectivity index (χ1v) is 7.59. The zero-order valence-electron chi connectivity index (χ0n) is 14.2. The maximum absolute atomic E-state index is 12.5. The number of hydrogen-bond donors (Lipinski definition) is 2. The van der Waals surface area contributed by atoms with Gasteiger partial charge in [0.25, 0.3) is 11.8 Å². The number of benzene rings is 2. The van der Waals surface area contributed by atoms with Crippen LogP contribution in [0.5, 0.6) is 0 Å². The van der Waals surface area contributed by atoms with E-state index in [0.717, 1.165) is 11.1 Å². The molecule has 0 atom stereocenters. The van der Waals surface area contributed by atoms with Crippen LogP contribution in [0.1, 0.15) is 52.6 Å². The Bertz CT molecular complexity index is 852. The van der Waals surface area contributed by atoms with Crippen molar-refractivity contribution in [1.29, 1.82) is 0 Å². The largest absolute Gasteiger partial charge is 0.355 e. The third-order valence-corrected chi connectivity index (χ3v) is 3.67. The third-order valence-electron chi connectivity index (χ3n) is 3.67. The van der Waals surface area contributed by atoms with Crippen LogP contribution in [0.15, 0.2) is 30.3 Å². The molecule has 0 saturated carbocycles. The van der Waals surface area contributed by atoms with Crippen molar-refractivity contribution in [2.75, 3.05) is 12.4 Å². The van der Waals surface area contributed by atoms with Crippen LogP contribution in [0.25, 0.3) is 0 Å². The molecule has 2 aromatic carbocycles. The maximum atomic E-state index is 12.5. The molecule has 0 spiro atoms. The summed E-state index contributed by atoms with van der Waals surface area (Å²) in [7, 11) is 1.41. The van der Waals surface area contributed by atoms with Crippen LogP contribution in [0.4, 0.5) is 5.69 Å². The molecule has 0 bridgehead atoms. The van der Waals surface area contributed by atoms with E-state index in [9.17, 15) is 19.2 Å². The number of carbonyl (C=O) groups excluding carboxylic acids is 4. The van der Waals surface area contributed by atoms with Crippen LogP contribution < -0.4 is 10.6 Å². The predicted octanol–water partition coefficient (Wildman–Crippen LogP) is 2.54. The monoisotopic (exact) mass is 338 g/mol. The van der Waals surface area contributed by atoms with E-state index in [2.05, 4.69) is 10.6 Å². The molecule has 2 rings (SSSR count). The van der Waals surface area contributed by atoms with Gasteiger partial charge in [-0.3, -0.25) is 19.2 Å². The topological polar surface area (TPSA) is 92.3 Å². The van der Waals surface area contributed by atoms with Gasteiger partial charge in [-0.05, 0) is 49.2 Å². The molecule has 0 fully saturated rings. The lowest BCUT2D eigenvalue weighted by molar-refractivity contribution is 0.0955. The highest BCUT2D eigenvalue weighted by Gasteiger charge is 2.18. The fourth-order valence-corrected chi connectivity index (χ4v) is 2.60. The number of aldehydes is 2. The number of carbonyl (C=O) groups is 4. The van der Waals surface area contributed by atoms with E-state index >= 15 is 0 Å². The van der Waals surface area contributed by atoms with Crippen molar-refractivity contribution < 1.29 is 19.2 Å². The maximum Gasteiger partial charge on any atom is 0.256 e. The van der Waals surface area contributed by atoms with Crippen LogP contribution in [-0.2, 0) is 0 Å². The van der Waals surface area contributed by atoms with Crippen molar-refractivity contribution in [3.63, 3.8) is 0 Å². The molecule has 6 heteroatoms. The van der Waals surface area contributed by atoms with Crippen LogP contribution in [0.2, 0.25) is 0 Å². The zero-order valence-corrected chi connectivity index (χ0v) is 14.2. The molecule has 2 amide bonds. The summed E-state index contributed by atoms with van der Waals surface area (Å²) in [5.74, 6) is -1.04. The molecule has 0 unspecified atom stereocenters. The lowest BCUT2D eigenvalue weighted by Crippen LogP contribution is -2.22. The minimum Gasteiger partial charge on any atom is -0.355 e. The molecule has 6 nitrogen and oxygen atoms in total. The summed E-state index contributed by atoms with van der Waals surface area (Å²) in [6.45, 7) is 3.81. The SMILES string of the molecule is CNC(=O)c1cc(C=O)c(C(=O)Nc2cc(C)cc(C)c2)cc1C=O. The second kappa shape index (κ2) is 7.53. The Balaban J connectivity index is 2.46. The molecule has 25 heavy (non-hydrogen) atoms. The Labute approximate surface area is 145 Å². The minimum atomic E-state index is -0.529. The molecule has 0 radical (unpaired) electrons. The molecule has 0 aliphatic rings. The number of nitrogens with one attached hydrogen (secondary N) is 2. The summed E-state index contributed by atoms with van der Waals surface area (Å²) in [5.41, 5.74) is 2.69. The van der Waals surface area contributed by atoms with Crippen molar-refractivity contribution in [1.82, 2.24) is 5.32 Å². The molecular weight excluding hydrogens is 320 g/mol. The van der Waals surface area contributed by atoms with Gasteiger partial charge in [0.15, 0.2) is 12.6 Å². The van der Waals surface area contributed by atoms with Gasteiger partial charge in [0.05, 0.1) is 11.1 Å². The van der Waals surface area contributed by atoms with Gasteiger partial charge in [-0.25, -0.2) is 0 Å². The first-order chi connectivity index (χ1) is 11.9. The van der Waals surface area contributed by atoms with Crippen LogP contribution in [0, 0.1) is 13.8 Å². The van der Waals surface area contributed by atoms with Gasteiger partial charge in [0.2, 0.25) is 0 Å². The molecule has 0 aliphatic heterocycles. The molecule has 0 heterocycles. The van der Waals surface area contributed by atoms with Gasteiger partial charge in [-0.15, -0.1) is 0 Å². The average molecular weight is 338 g/mol. The lowest BCUT2D eigenvalue weighted by atomic mass is 9.98. The summed E-state index contributed by atoms with van der Waals surface area (Å²) in [4.78, 5) is 47.0. The minimum absolute atomic E-state index is 0.0314. The first-order valence-electron chi connectivity index (χ1n) is 7.59. The van der Waals surface area contributed by atoms with Crippen molar-refractivity contribution in [2.24, 2.45) is 0 Å². The number of aryl methyl sites for hydroxylation is 2. The molecule has 128 valence electrons. The fourth-order valence-electron chi connectivity index (χ4n) is 2.60. The summed E-state index contributed by atoms with van der Waals surface area (Å²) in [6, 6.07) is 8.05. The second-order valence-corrected chi connectivity index (χ2v) is 5.67. The van der Waals surface area contributed by atoms with E-state index in [1.807, 2.05) is 19.9 Å². The van der Waals surface area contributed by atoms with E-state index in [0.29, 0.717) is 18.3 Å². The van der Waals surface area contributed by atoms with Crippen molar-refractivity contribution in [3.8, 4) is 0 Å². The Kier molecular flexibility index (Phi) is 5.44. The molecule has 2 aromatic rings. The van der Waals surface area contributed by atoms with Crippen LogP contribution in [-0.4, -0.2) is 31.4 Å². The normalized spacial score (nSPS) is 10.0. The Morgan fingerprint density at radius 2 is 1.28 bits per heavy atom. The summed E-state index contributed by atoms with van der Waals surface area (Å²) in [6.07, 6.45) is 0.962.